The van der Waals surface area contributed by atoms with Crippen molar-refractivity contribution in [2.45, 2.75) is 4.90 Å². The van der Waals surface area contributed by atoms with E-state index in [1.807, 2.05) is 18.2 Å². The zero-order chi connectivity index (χ0) is 11.4. The van der Waals surface area contributed by atoms with Crippen LogP contribution in [0.15, 0.2) is 53.4 Å². The lowest BCUT2D eigenvalue weighted by atomic mass is 10.1. The number of benzene rings is 2. The molecule has 0 spiro atoms. The predicted molar refractivity (Wildman–Crippen MR) is 70.2 cm³/mol. The van der Waals surface area contributed by atoms with Gasteiger partial charge in [-0.15, -0.1) is 11.8 Å². The highest BCUT2D eigenvalue weighted by atomic mass is 32.2. The third kappa shape index (κ3) is 2.22. The Morgan fingerprint density at radius 3 is 2.25 bits per heavy atom. The molecule has 0 aliphatic rings. The van der Waals surface area contributed by atoms with Gasteiger partial charge in [-0.3, -0.25) is 0 Å². The van der Waals surface area contributed by atoms with E-state index >= 15 is 0 Å². The number of hydrogen-bond donors (Lipinski definition) is 0. The molecule has 0 atom stereocenters. The smallest absolute Gasteiger partial charge is 0.126 e. The van der Waals surface area contributed by atoms with Crippen LogP contribution in [0.2, 0.25) is 0 Å². The van der Waals surface area contributed by atoms with E-state index in [0.29, 0.717) is 0 Å². The van der Waals surface area contributed by atoms with Crippen LogP contribution in [0, 0.1) is 0 Å². The molecule has 16 heavy (non-hydrogen) atoms. The molecule has 0 unspecified atom stereocenters. The zero-order valence-electron chi connectivity index (χ0n) is 9.44. The third-order valence-electron chi connectivity index (χ3n) is 2.51. The summed E-state index contributed by atoms with van der Waals surface area (Å²) in [7, 11) is 1.70. The fourth-order valence-corrected chi connectivity index (χ4v) is 2.06. The van der Waals surface area contributed by atoms with Crippen LogP contribution in [0.4, 0.5) is 0 Å². The van der Waals surface area contributed by atoms with Gasteiger partial charge >= 0.3 is 0 Å². The molecule has 1 nitrogen and oxygen atoms in total. The summed E-state index contributed by atoms with van der Waals surface area (Å²) in [6.07, 6.45) is 2.08. The van der Waals surface area contributed by atoms with Gasteiger partial charge in [-0.05, 0) is 30.0 Å². The van der Waals surface area contributed by atoms with Crippen molar-refractivity contribution in [1.82, 2.24) is 0 Å². The molecule has 2 aromatic rings. The minimum Gasteiger partial charge on any atom is -0.496 e. The summed E-state index contributed by atoms with van der Waals surface area (Å²) in [6.45, 7) is 0. The van der Waals surface area contributed by atoms with Crippen LogP contribution in [-0.2, 0) is 0 Å². The van der Waals surface area contributed by atoms with E-state index in [1.165, 1.54) is 10.5 Å². The fourth-order valence-electron chi connectivity index (χ4n) is 1.65. The second-order valence-corrected chi connectivity index (χ2v) is 4.31. The molecule has 2 heteroatoms. The maximum atomic E-state index is 5.35. The second kappa shape index (κ2) is 5.08. The van der Waals surface area contributed by atoms with Crippen LogP contribution >= 0.6 is 11.8 Å². The van der Waals surface area contributed by atoms with Crippen LogP contribution in [0.5, 0.6) is 5.75 Å². The summed E-state index contributed by atoms with van der Waals surface area (Å²) in [5.74, 6) is 0.916. The maximum Gasteiger partial charge on any atom is 0.126 e. The SMILES string of the molecule is COc1ccccc1-c1ccc(SC)cc1. The lowest BCUT2D eigenvalue weighted by Gasteiger charge is -2.08. The van der Waals surface area contributed by atoms with Crippen molar-refractivity contribution in [3.8, 4) is 16.9 Å². The average Bonchev–Trinajstić information content (AvgIpc) is 2.39. The average molecular weight is 230 g/mol. The Balaban J connectivity index is 2.42. The van der Waals surface area contributed by atoms with E-state index in [9.17, 15) is 0 Å². The number of hydrogen-bond acceptors (Lipinski definition) is 2. The summed E-state index contributed by atoms with van der Waals surface area (Å²) in [5.41, 5.74) is 2.33. The van der Waals surface area contributed by atoms with Crippen molar-refractivity contribution in [1.29, 1.82) is 0 Å². The molecule has 0 saturated heterocycles. The summed E-state index contributed by atoms with van der Waals surface area (Å²) in [6, 6.07) is 16.6. The molecule has 2 aromatic carbocycles. The van der Waals surface area contributed by atoms with Gasteiger partial charge in [0.1, 0.15) is 5.75 Å². The van der Waals surface area contributed by atoms with Gasteiger partial charge < -0.3 is 4.74 Å². The first-order valence-corrected chi connectivity index (χ1v) is 6.35. The second-order valence-electron chi connectivity index (χ2n) is 3.43. The molecule has 0 aliphatic heterocycles. The number of rotatable bonds is 3. The van der Waals surface area contributed by atoms with E-state index < -0.39 is 0 Å². The van der Waals surface area contributed by atoms with E-state index in [2.05, 4.69) is 36.6 Å². The summed E-state index contributed by atoms with van der Waals surface area (Å²) >= 11 is 1.75. The van der Waals surface area contributed by atoms with Crippen molar-refractivity contribution in [2.24, 2.45) is 0 Å². The lowest BCUT2D eigenvalue weighted by molar-refractivity contribution is 0.416. The van der Waals surface area contributed by atoms with Crippen molar-refractivity contribution < 1.29 is 4.74 Å². The van der Waals surface area contributed by atoms with Crippen LogP contribution in [0.3, 0.4) is 0 Å². The van der Waals surface area contributed by atoms with Crippen LogP contribution in [0.1, 0.15) is 0 Å². The molecule has 2 rings (SSSR count). The molecule has 82 valence electrons. The van der Waals surface area contributed by atoms with Gasteiger partial charge in [0.15, 0.2) is 0 Å². The summed E-state index contributed by atoms with van der Waals surface area (Å²) < 4.78 is 5.35. The summed E-state index contributed by atoms with van der Waals surface area (Å²) in [5, 5.41) is 0. The molecule has 0 saturated carbocycles. The van der Waals surface area contributed by atoms with Crippen LogP contribution in [-0.4, -0.2) is 13.4 Å². The van der Waals surface area contributed by atoms with Gasteiger partial charge in [0.2, 0.25) is 0 Å². The standard InChI is InChI=1S/C14H14OS/c1-15-14-6-4-3-5-13(14)11-7-9-12(16-2)10-8-11/h3-10H,1-2H3. The molecule has 0 fully saturated rings. The third-order valence-corrected chi connectivity index (χ3v) is 3.25. The zero-order valence-corrected chi connectivity index (χ0v) is 10.3. The minimum absolute atomic E-state index is 0.916. The highest BCUT2D eigenvalue weighted by Crippen LogP contribution is 2.30. The first kappa shape index (κ1) is 11.1. The normalized spacial score (nSPS) is 10.1. The molecular formula is C14H14OS. The van der Waals surface area contributed by atoms with Gasteiger partial charge in [-0.1, -0.05) is 30.3 Å². The van der Waals surface area contributed by atoms with Crippen LogP contribution in [0.25, 0.3) is 11.1 Å². The van der Waals surface area contributed by atoms with Gasteiger partial charge in [0, 0.05) is 10.5 Å². The Bertz CT molecular complexity index is 462. The van der Waals surface area contributed by atoms with Gasteiger partial charge in [-0.2, -0.15) is 0 Å². The van der Waals surface area contributed by atoms with Crippen molar-refractivity contribution in [2.75, 3.05) is 13.4 Å². The molecule has 0 amide bonds. The van der Waals surface area contributed by atoms with Gasteiger partial charge in [-0.25, -0.2) is 0 Å². The molecule has 0 aromatic heterocycles. The maximum absolute atomic E-state index is 5.35. The first-order chi connectivity index (χ1) is 7.85. The molecule has 0 radical (unpaired) electrons. The number of methoxy groups -OCH3 is 1. The van der Waals surface area contributed by atoms with E-state index in [0.717, 1.165) is 11.3 Å². The first-order valence-electron chi connectivity index (χ1n) is 5.12. The predicted octanol–water partition coefficient (Wildman–Crippen LogP) is 4.08. The number of thioether (sulfide) groups is 1. The fraction of sp³-hybridized carbons (Fsp3) is 0.143. The minimum atomic E-state index is 0.916. The van der Waals surface area contributed by atoms with E-state index in [1.54, 1.807) is 18.9 Å². The lowest BCUT2D eigenvalue weighted by Crippen LogP contribution is -1.86. The quantitative estimate of drug-likeness (QED) is 0.735. The highest BCUT2D eigenvalue weighted by Gasteiger charge is 2.03. The van der Waals surface area contributed by atoms with Crippen molar-refractivity contribution in [3.63, 3.8) is 0 Å². The Kier molecular flexibility index (Phi) is 3.52. The molecular weight excluding hydrogens is 216 g/mol. The molecule has 0 N–H and O–H groups in total. The Hall–Kier alpha value is -1.41. The van der Waals surface area contributed by atoms with Gasteiger partial charge in [0.25, 0.3) is 0 Å². The van der Waals surface area contributed by atoms with Crippen LogP contribution < -0.4 is 4.74 Å². The van der Waals surface area contributed by atoms with Gasteiger partial charge in [0.05, 0.1) is 7.11 Å². The molecule has 0 aliphatic carbocycles. The van der Waals surface area contributed by atoms with E-state index in [4.69, 9.17) is 4.74 Å². The Morgan fingerprint density at radius 1 is 0.938 bits per heavy atom. The largest absolute Gasteiger partial charge is 0.496 e. The number of ether oxygens (including phenoxy) is 1. The Labute approximate surface area is 100 Å². The van der Waals surface area contributed by atoms with Crippen molar-refractivity contribution >= 4 is 11.8 Å². The Morgan fingerprint density at radius 2 is 1.62 bits per heavy atom. The molecule has 0 bridgehead atoms. The number of para-hydroxylation sites is 1. The monoisotopic (exact) mass is 230 g/mol. The van der Waals surface area contributed by atoms with Crippen molar-refractivity contribution in [3.05, 3.63) is 48.5 Å². The van der Waals surface area contributed by atoms with E-state index in [-0.39, 0.29) is 0 Å². The topological polar surface area (TPSA) is 9.23 Å². The highest BCUT2D eigenvalue weighted by molar-refractivity contribution is 7.98. The molecule has 0 heterocycles. The summed E-state index contributed by atoms with van der Waals surface area (Å²) in [4.78, 5) is 1.28.